The highest BCUT2D eigenvalue weighted by Crippen LogP contribution is 2.11. The second-order valence-corrected chi connectivity index (χ2v) is 3.42. The van der Waals surface area contributed by atoms with Gasteiger partial charge in [0.05, 0.1) is 0 Å². The van der Waals surface area contributed by atoms with Crippen LogP contribution in [0.3, 0.4) is 0 Å². The third-order valence-corrected chi connectivity index (χ3v) is 2.29. The van der Waals surface area contributed by atoms with Gasteiger partial charge in [0.2, 0.25) is 5.95 Å². The van der Waals surface area contributed by atoms with Crippen molar-refractivity contribution in [1.29, 1.82) is 0 Å². The van der Waals surface area contributed by atoms with Crippen LogP contribution in [0.5, 0.6) is 0 Å². The van der Waals surface area contributed by atoms with Crippen LogP contribution in [-0.2, 0) is 6.42 Å². The summed E-state index contributed by atoms with van der Waals surface area (Å²) in [4.78, 5) is 8.08. The maximum Gasteiger partial charge on any atom is 0.232 e. The monoisotopic (exact) mass is 192 g/mol. The van der Waals surface area contributed by atoms with Gasteiger partial charge in [0.1, 0.15) is 5.01 Å². The molecule has 2 aromatic rings. The van der Waals surface area contributed by atoms with Crippen LogP contribution in [0.1, 0.15) is 10.6 Å². The highest BCUT2D eigenvalue weighted by molar-refractivity contribution is 7.05. The van der Waals surface area contributed by atoms with E-state index in [1.807, 2.05) is 18.3 Å². The molecule has 4 nitrogen and oxygen atoms in total. The van der Waals surface area contributed by atoms with Gasteiger partial charge in [0.25, 0.3) is 0 Å². The van der Waals surface area contributed by atoms with E-state index in [0.717, 1.165) is 17.0 Å². The number of aromatic nitrogens is 3. The second-order valence-electron chi connectivity index (χ2n) is 2.58. The van der Waals surface area contributed by atoms with E-state index in [-0.39, 0.29) is 0 Å². The molecule has 0 radical (unpaired) electrons. The van der Waals surface area contributed by atoms with Gasteiger partial charge in [-0.15, -0.1) is 0 Å². The SMILES string of the molecule is Nc1nsc(Cc2cccnc2)n1. The molecule has 0 amide bonds. The van der Waals surface area contributed by atoms with Crippen LogP contribution in [0.2, 0.25) is 0 Å². The van der Waals surface area contributed by atoms with E-state index < -0.39 is 0 Å². The molecule has 0 saturated heterocycles. The van der Waals surface area contributed by atoms with Crippen LogP contribution in [0.15, 0.2) is 24.5 Å². The Bertz CT molecular complexity index is 384. The third kappa shape index (κ3) is 2.00. The zero-order chi connectivity index (χ0) is 9.10. The van der Waals surface area contributed by atoms with Gasteiger partial charge in [-0.2, -0.15) is 4.37 Å². The molecular formula is C8H8N4S. The highest BCUT2D eigenvalue weighted by atomic mass is 32.1. The zero-order valence-corrected chi connectivity index (χ0v) is 7.66. The van der Waals surface area contributed by atoms with Gasteiger partial charge in [-0.25, -0.2) is 4.98 Å². The van der Waals surface area contributed by atoms with Crippen LogP contribution in [0, 0.1) is 0 Å². The van der Waals surface area contributed by atoms with Gasteiger partial charge in [0.15, 0.2) is 0 Å². The summed E-state index contributed by atoms with van der Waals surface area (Å²) in [5.41, 5.74) is 6.53. The van der Waals surface area contributed by atoms with Crippen molar-refractivity contribution in [1.82, 2.24) is 14.3 Å². The molecule has 0 aliphatic heterocycles. The Balaban J connectivity index is 2.15. The Kier molecular flexibility index (Phi) is 2.18. The average Bonchev–Trinajstić information content (AvgIpc) is 2.53. The first-order chi connectivity index (χ1) is 6.34. The molecule has 0 unspecified atom stereocenters. The summed E-state index contributed by atoms with van der Waals surface area (Å²) in [5.74, 6) is 0.351. The Morgan fingerprint density at radius 3 is 3.00 bits per heavy atom. The van der Waals surface area contributed by atoms with Crippen molar-refractivity contribution in [2.75, 3.05) is 5.73 Å². The molecule has 66 valence electrons. The molecule has 0 aromatic carbocycles. The number of anilines is 1. The molecule has 2 aromatic heterocycles. The lowest BCUT2D eigenvalue weighted by atomic mass is 10.2. The first-order valence-electron chi connectivity index (χ1n) is 3.81. The summed E-state index contributed by atoms with van der Waals surface area (Å²) in [7, 11) is 0. The zero-order valence-electron chi connectivity index (χ0n) is 6.84. The fourth-order valence-electron chi connectivity index (χ4n) is 1.02. The van der Waals surface area contributed by atoms with Crippen molar-refractivity contribution in [2.45, 2.75) is 6.42 Å². The highest BCUT2D eigenvalue weighted by Gasteiger charge is 2.01. The van der Waals surface area contributed by atoms with Crippen molar-refractivity contribution in [3.05, 3.63) is 35.1 Å². The normalized spacial score (nSPS) is 10.2. The fraction of sp³-hybridized carbons (Fsp3) is 0.125. The number of nitrogens with zero attached hydrogens (tertiary/aromatic N) is 3. The van der Waals surface area contributed by atoms with E-state index in [0.29, 0.717) is 5.95 Å². The quantitative estimate of drug-likeness (QED) is 0.774. The Morgan fingerprint density at radius 2 is 2.38 bits per heavy atom. The van der Waals surface area contributed by atoms with Crippen LogP contribution in [-0.4, -0.2) is 14.3 Å². The van der Waals surface area contributed by atoms with Gasteiger partial charge in [0, 0.05) is 18.8 Å². The Labute approximate surface area is 79.6 Å². The molecule has 5 heteroatoms. The van der Waals surface area contributed by atoms with Gasteiger partial charge in [-0.05, 0) is 23.2 Å². The van der Waals surface area contributed by atoms with Crippen LogP contribution >= 0.6 is 11.5 Å². The minimum absolute atomic E-state index is 0.351. The first kappa shape index (κ1) is 8.12. The van der Waals surface area contributed by atoms with Crippen LogP contribution in [0.25, 0.3) is 0 Å². The van der Waals surface area contributed by atoms with Crippen LogP contribution < -0.4 is 5.73 Å². The summed E-state index contributed by atoms with van der Waals surface area (Å²) in [5, 5.41) is 0.922. The molecule has 13 heavy (non-hydrogen) atoms. The molecular weight excluding hydrogens is 184 g/mol. The van der Waals surface area contributed by atoms with Crippen molar-refractivity contribution >= 4 is 17.5 Å². The van der Waals surface area contributed by atoms with Crippen molar-refractivity contribution in [3.63, 3.8) is 0 Å². The summed E-state index contributed by atoms with van der Waals surface area (Å²) in [6, 6.07) is 3.91. The number of nitrogens with two attached hydrogens (primary N) is 1. The fourth-order valence-corrected chi connectivity index (χ4v) is 1.62. The molecule has 0 aliphatic rings. The first-order valence-corrected chi connectivity index (χ1v) is 4.59. The summed E-state index contributed by atoms with van der Waals surface area (Å²) >= 11 is 1.33. The smallest absolute Gasteiger partial charge is 0.232 e. The number of rotatable bonds is 2. The molecule has 2 rings (SSSR count). The van der Waals surface area contributed by atoms with E-state index in [1.165, 1.54) is 11.5 Å². The number of hydrogen-bond donors (Lipinski definition) is 1. The predicted molar refractivity (Wildman–Crippen MR) is 51.4 cm³/mol. The van der Waals surface area contributed by atoms with E-state index in [4.69, 9.17) is 5.73 Å². The molecule has 0 saturated carbocycles. The Hall–Kier alpha value is -1.49. The van der Waals surface area contributed by atoms with Gasteiger partial charge < -0.3 is 5.73 Å². The van der Waals surface area contributed by atoms with Crippen molar-refractivity contribution in [3.8, 4) is 0 Å². The number of nitrogen functional groups attached to an aromatic ring is 1. The van der Waals surface area contributed by atoms with Gasteiger partial charge in [-0.1, -0.05) is 6.07 Å². The number of hydrogen-bond acceptors (Lipinski definition) is 5. The van der Waals surface area contributed by atoms with Crippen LogP contribution in [0.4, 0.5) is 5.95 Å². The maximum absolute atomic E-state index is 5.40. The molecule has 0 aliphatic carbocycles. The molecule has 2 N–H and O–H groups in total. The van der Waals surface area contributed by atoms with Crippen molar-refractivity contribution in [2.24, 2.45) is 0 Å². The second kappa shape index (κ2) is 3.49. The standard InChI is InChI=1S/C8H8N4S/c9-8-11-7(13-12-8)4-6-2-1-3-10-5-6/h1-3,5H,4H2,(H2,9,12). The van der Waals surface area contributed by atoms with Crippen molar-refractivity contribution < 1.29 is 0 Å². The molecule has 2 heterocycles. The predicted octanol–water partition coefficient (Wildman–Crippen LogP) is 1.11. The minimum Gasteiger partial charge on any atom is -0.367 e. The largest absolute Gasteiger partial charge is 0.367 e. The van der Waals surface area contributed by atoms with Gasteiger partial charge >= 0.3 is 0 Å². The van der Waals surface area contributed by atoms with E-state index in [2.05, 4.69) is 14.3 Å². The molecule has 0 fully saturated rings. The lowest BCUT2D eigenvalue weighted by Gasteiger charge is -1.93. The minimum atomic E-state index is 0.351. The average molecular weight is 192 g/mol. The Morgan fingerprint density at radius 1 is 1.46 bits per heavy atom. The van der Waals surface area contributed by atoms with E-state index >= 15 is 0 Å². The van der Waals surface area contributed by atoms with Gasteiger partial charge in [-0.3, -0.25) is 4.98 Å². The van der Waals surface area contributed by atoms with E-state index in [1.54, 1.807) is 6.20 Å². The summed E-state index contributed by atoms with van der Waals surface area (Å²) in [6.45, 7) is 0. The summed E-state index contributed by atoms with van der Waals surface area (Å²) < 4.78 is 3.90. The molecule has 0 bridgehead atoms. The topological polar surface area (TPSA) is 64.7 Å². The maximum atomic E-state index is 5.40. The lowest BCUT2D eigenvalue weighted by molar-refractivity contribution is 1.11. The lowest BCUT2D eigenvalue weighted by Crippen LogP contribution is -1.90. The summed E-state index contributed by atoms with van der Waals surface area (Å²) in [6.07, 6.45) is 4.32. The molecule has 0 spiro atoms. The number of pyridine rings is 1. The van der Waals surface area contributed by atoms with E-state index in [9.17, 15) is 0 Å². The molecule has 0 atom stereocenters. The third-order valence-electron chi connectivity index (χ3n) is 1.56.